The molecule has 0 aliphatic carbocycles. The summed E-state index contributed by atoms with van der Waals surface area (Å²) in [6.07, 6.45) is -0.857. The predicted octanol–water partition coefficient (Wildman–Crippen LogP) is 3.02. The van der Waals surface area contributed by atoms with Crippen molar-refractivity contribution < 1.29 is 22.4 Å². The van der Waals surface area contributed by atoms with Gasteiger partial charge in [-0.25, -0.2) is 28.4 Å². The van der Waals surface area contributed by atoms with E-state index in [0.29, 0.717) is 35.8 Å². The van der Waals surface area contributed by atoms with E-state index < -0.39 is 23.7 Å². The van der Waals surface area contributed by atoms with Gasteiger partial charge in [-0.1, -0.05) is 6.92 Å². The number of halogens is 4. The highest BCUT2D eigenvalue weighted by Crippen LogP contribution is 2.35. The summed E-state index contributed by atoms with van der Waals surface area (Å²) in [5.41, 5.74) is 4.96. The second-order valence-corrected chi connectivity index (χ2v) is 8.49. The van der Waals surface area contributed by atoms with E-state index >= 15 is 0 Å². The number of hydrogen-bond acceptors (Lipinski definition) is 7. The van der Waals surface area contributed by atoms with Crippen molar-refractivity contribution in [2.75, 3.05) is 23.3 Å². The Morgan fingerprint density at radius 3 is 2.65 bits per heavy atom. The van der Waals surface area contributed by atoms with Gasteiger partial charge in [0.1, 0.15) is 5.82 Å². The number of nitrogens with two attached hydrogens (primary N) is 1. The lowest BCUT2D eigenvalue weighted by molar-refractivity contribution is -0.114. The molecule has 4 rings (SSSR count). The van der Waals surface area contributed by atoms with Crippen molar-refractivity contribution in [3.8, 4) is 5.82 Å². The minimum Gasteiger partial charge on any atom is -0.352 e. The van der Waals surface area contributed by atoms with Crippen molar-refractivity contribution >= 4 is 28.4 Å². The van der Waals surface area contributed by atoms with Crippen molar-refractivity contribution in [3.05, 3.63) is 29.8 Å². The Labute approximate surface area is 192 Å². The Balaban J connectivity index is 1.90. The van der Waals surface area contributed by atoms with Crippen molar-refractivity contribution in [1.82, 2.24) is 24.7 Å². The van der Waals surface area contributed by atoms with Gasteiger partial charge in [-0.15, -0.1) is 5.10 Å². The van der Waals surface area contributed by atoms with E-state index in [1.807, 2.05) is 0 Å². The number of amides is 1. The number of aromatic nitrogens is 5. The van der Waals surface area contributed by atoms with Gasteiger partial charge in [0.2, 0.25) is 11.7 Å². The number of alkyl halides is 4. The molecule has 0 spiro atoms. The monoisotopic (exact) mass is 480 g/mol. The van der Waals surface area contributed by atoms with Gasteiger partial charge in [-0.05, 0) is 12.8 Å². The number of fused-ring (bicyclic) bond motifs is 1. The minimum absolute atomic E-state index is 0.0517. The minimum atomic E-state index is -3.29. The molecular formula is C21H24F4N8O. The number of anilines is 2. The Bertz CT molecular complexity index is 1240. The lowest BCUT2D eigenvalue weighted by atomic mass is 10.0. The number of nitrogens with one attached hydrogen (secondary N) is 1. The highest BCUT2D eigenvalue weighted by molar-refractivity contribution is 5.95. The topological polar surface area (TPSA) is 115 Å². The zero-order chi connectivity index (χ0) is 24.8. The number of nitrogens with zero attached hydrogens (tertiary/aromatic N) is 6. The normalized spacial score (nSPS) is 18.8. The van der Waals surface area contributed by atoms with Crippen molar-refractivity contribution in [3.63, 3.8) is 0 Å². The fraction of sp³-hybridized carbons (Fsp3) is 0.476. The standard InChI is InChI=1S/C21H24F4N8O/c1-4-12-7-16(30-19(29-12)20(3,24)25)33-14-8-15(28-11(2)34)27-9-13(14)17(31-33)32-6-5-21(26,10-32)18(22)23/h7-9,18H,4-6,10,26H2,1-3H3,(H,27,28,34). The maximum Gasteiger partial charge on any atom is 0.303 e. The molecule has 3 aromatic heterocycles. The Morgan fingerprint density at radius 1 is 1.32 bits per heavy atom. The van der Waals surface area contributed by atoms with Crippen LogP contribution < -0.4 is 16.0 Å². The van der Waals surface area contributed by atoms with E-state index in [2.05, 4.69) is 25.4 Å². The molecule has 1 aliphatic rings. The molecule has 0 radical (unpaired) electrons. The van der Waals surface area contributed by atoms with Gasteiger partial charge in [-0.3, -0.25) is 4.79 Å². The third-order valence-corrected chi connectivity index (χ3v) is 5.65. The summed E-state index contributed by atoms with van der Waals surface area (Å²) in [7, 11) is 0. The first-order valence-corrected chi connectivity index (χ1v) is 10.7. The van der Waals surface area contributed by atoms with Crippen LogP contribution in [0.4, 0.5) is 29.2 Å². The molecule has 1 unspecified atom stereocenters. The maximum atomic E-state index is 14.1. The Hall–Kier alpha value is -3.35. The maximum absolute atomic E-state index is 14.1. The summed E-state index contributed by atoms with van der Waals surface area (Å²) in [6, 6.07) is 3.05. The zero-order valence-corrected chi connectivity index (χ0v) is 18.8. The first-order valence-electron chi connectivity index (χ1n) is 10.7. The molecule has 0 saturated carbocycles. The van der Waals surface area contributed by atoms with Gasteiger partial charge in [0.25, 0.3) is 6.43 Å². The molecule has 34 heavy (non-hydrogen) atoms. The van der Waals surface area contributed by atoms with Gasteiger partial charge < -0.3 is 16.0 Å². The van der Waals surface area contributed by atoms with E-state index in [-0.39, 0.29) is 37.1 Å². The van der Waals surface area contributed by atoms with Crippen LogP contribution in [0.2, 0.25) is 0 Å². The van der Waals surface area contributed by atoms with Crippen LogP contribution in [0, 0.1) is 0 Å². The largest absolute Gasteiger partial charge is 0.352 e. The van der Waals surface area contributed by atoms with Crippen LogP contribution in [-0.2, 0) is 17.1 Å². The van der Waals surface area contributed by atoms with E-state index in [1.54, 1.807) is 11.8 Å². The molecule has 4 heterocycles. The summed E-state index contributed by atoms with van der Waals surface area (Å²) >= 11 is 0. The number of rotatable bonds is 6. The van der Waals surface area contributed by atoms with Crippen molar-refractivity contribution in [2.45, 2.75) is 51.5 Å². The number of pyridine rings is 1. The van der Waals surface area contributed by atoms with Crippen LogP contribution in [0.1, 0.15) is 38.7 Å². The van der Waals surface area contributed by atoms with Gasteiger partial charge >= 0.3 is 5.92 Å². The van der Waals surface area contributed by atoms with Crippen LogP contribution in [-0.4, -0.2) is 55.7 Å². The molecule has 0 bridgehead atoms. The fourth-order valence-electron chi connectivity index (χ4n) is 3.84. The number of hydrogen-bond donors (Lipinski definition) is 2. The summed E-state index contributed by atoms with van der Waals surface area (Å²) in [5, 5.41) is 7.57. The first kappa shape index (κ1) is 23.8. The third kappa shape index (κ3) is 4.39. The highest BCUT2D eigenvalue weighted by atomic mass is 19.3. The van der Waals surface area contributed by atoms with E-state index in [1.165, 1.54) is 29.9 Å². The summed E-state index contributed by atoms with van der Waals surface area (Å²) in [6.45, 7) is 3.86. The second-order valence-electron chi connectivity index (χ2n) is 8.49. The van der Waals surface area contributed by atoms with Gasteiger partial charge in [-0.2, -0.15) is 8.78 Å². The molecule has 182 valence electrons. The lowest BCUT2D eigenvalue weighted by Crippen LogP contribution is -2.49. The van der Waals surface area contributed by atoms with Crippen LogP contribution in [0.15, 0.2) is 18.3 Å². The fourth-order valence-corrected chi connectivity index (χ4v) is 3.84. The molecule has 13 heteroatoms. The molecule has 9 nitrogen and oxygen atoms in total. The van der Waals surface area contributed by atoms with Crippen LogP contribution in [0.25, 0.3) is 16.7 Å². The van der Waals surface area contributed by atoms with Crippen molar-refractivity contribution in [2.24, 2.45) is 5.73 Å². The van der Waals surface area contributed by atoms with Crippen LogP contribution in [0.5, 0.6) is 0 Å². The van der Waals surface area contributed by atoms with E-state index in [9.17, 15) is 22.4 Å². The second kappa shape index (κ2) is 8.46. The molecule has 1 atom stereocenters. The van der Waals surface area contributed by atoms with Crippen LogP contribution >= 0.6 is 0 Å². The molecule has 1 saturated heterocycles. The van der Waals surface area contributed by atoms with Crippen LogP contribution in [0.3, 0.4) is 0 Å². The number of carbonyl (C=O) groups is 1. The van der Waals surface area contributed by atoms with Gasteiger partial charge in [0, 0.05) is 51.0 Å². The summed E-state index contributed by atoms with van der Waals surface area (Å²) in [4.78, 5) is 25.3. The van der Waals surface area contributed by atoms with E-state index in [4.69, 9.17) is 5.73 Å². The zero-order valence-electron chi connectivity index (χ0n) is 18.8. The molecular weight excluding hydrogens is 456 g/mol. The molecule has 1 amide bonds. The number of carbonyl (C=O) groups excluding carboxylic acids is 1. The molecule has 1 fully saturated rings. The number of aryl methyl sites for hydroxylation is 1. The van der Waals surface area contributed by atoms with Crippen molar-refractivity contribution in [1.29, 1.82) is 0 Å². The highest BCUT2D eigenvalue weighted by Gasteiger charge is 2.43. The van der Waals surface area contributed by atoms with E-state index in [0.717, 1.165) is 0 Å². The smallest absolute Gasteiger partial charge is 0.303 e. The molecule has 1 aliphatic heterocycles. The average molecular weight is 480 g/mol. The molecule has 0 aromatic carbocycles. The first-order chi connectivity index (χ1) is 15.9. The summed E-state index contributed by atoms with van der Waals surface area (Å²) in [5.74, 6) is -3.72. The van der Waals surface area contributed by atoms with Gasteiger partial charge in [0.05, 0.1) is 16.4 Å². The average Bonchev–Trinajstić information content (AvgIpc) is 3.34. The lowest BCUT2D eigenvalue weighted by Gasteiger charge is -2.23. The Morgan fingerprint density at radius 2 is 2.06 bits per heavy atom. The van der Waals surface area contributed by atoms with Gasteiger partial charge in [0.15, 0.2) is 11.6 Å². The molecule has 3 N–H and O–H groups in total. The molecule has 3 aromatic rings. The quantitative estimate of drug-likeness (QED) is 0.521. The third-order valence-electron chi connectivity index (χ3n) is 5.65. The predicted molar refractivity (Wildman–Crippen MR) is 117 cm³/mol. The Kier molecular flexibility index (Phi) is 5.92. The summed E-state index contributed by atoms with van der Waals surface area (Å²) < 4.78 is 56.5. The SMILES string of the molecule is CCc1cc(-n2nc(N3CCC(N)(C(F)F)C3)c3cnc(NC(C)=O)cc32)nc(C(C)(F)F)n1.